The molecule has 0 aromatic heterocycles. The van der Waals surface area contributed by atoms with Crippen LogP contribution in [0.15, 0.2) is 24.3 Å². The molecule has 0 heterocycles. The molecule has 0 fully saturated rings. The van der Waals surface area contributed by atoms with Crippen molar-refractivity contribution in [2.75, 3.05) is 5.32 Å². The summed E-state index contributed by atoms with van der Waals surface area (Å²) in [5.41, 5.74) is 4.50. The molecule has 1 atom stereocenters. The average molecular weight is 309 g/mol. The normalized spacial score (nSPS) is 13.9. The first-order valence-electron chi connectivity index (χ1n) is 6.87. The van der Waals surface area contributed by atoms with E-state index < -0.39 is 23.3 Å². The quantitative estimate of drug-likeness (QED) is 0.618. The van der Waals surface area contributed by atoms with Crippen LogP contribution in [-0.2, 0) is 16.1 Å². The van der Waals surface area contributed by atoms with Crippen LogP contribution in [-0.4, -0.2) is 28.4 Å². The minimum absolute atomic E-state index is 0.332. The van der Waals surface area contributed by atoms with Crippen LogP contribution in [0.5, 0.6) is 0 Å². The Morgan fingerprint density at radius 2 is 1.91 bits per heavy atom. The zero-order chi connectivity index (χ0) is 17.0. The van der Waals surface area contributed by atoms with E-state index in [4.69, 9.17) is 10.5 Å². The van der Waals surface area contributed by atoms with Crippen LogP contribution in [0.1, 0.15) is 33.3 Å². The molecule has 0 radical (unpaired) electrons. The van der Waals surface area contributed by atoms with Crippen molar-refractivity contribution in [2.24, 2.45) is 5.73 Å². The number of nitrogens with two attached hydrogens (primary N) is 1. The Balaban J connectivity index is 2.91. The fourth-order valence-corrected chi connectivity index (χ4v) is 1.71. The van der Waals surface area contributed by atoms with Gasteiger partial charge in [-0.3, -0.25) is 5.32 Å². The van der Waals surface area contributed by atoms with Crippen molar-refractivity contribution in [1.29, 1.82) is 0 Å². The molecule has 0 saturated heterocycles. The van der Waals surface area contributed by atoms with E-state index in [2.05, 4.69) is 10.6 Å². The molecule has 1 aromatic rings. The maximum Gasteiger partial charge on any atom is 0.409 e. The lowest BCUT2D eigenvalue weighted by Crippen LogP contribution is -2.58. The van der Waals surface area contributed by atoms with E-state index in [0.717, 1.165) is 5.56 Å². The van der Waals surface area contributed by atoms with Crippen LogP contribution < -0.4 is 16.4 Å². The van der Waals surface area contributed by atoms with Crippen LogP contribution in [0.4, 0.5) is 10.5 Å². The average Bonchev–Trinajstić information content (AvgIpc) is 2.36. The third-order valence-electron chi connectivity index (χ3n) is 2.74. The Bertz CT molecular complexity index is 554. The summed E-state index contributed by atoms with van der Waals surface area (Å²) in [6.45, 7) is 6.77. The molecule has 1 aromatic carbocycles. The summed E-state index contributed by atoms with van der Waals surface area (Å²) in [5, 5.41) is 14.5. The number of anilines is 1. The van der Waals surface area contributed by atoms with Gasteiger partial charge in [0.15, 0.2) is 0 Å². The SMILES string of the molecule is CC(C)(C)OC(=O)NC(C)(Nc1cccc(CN)c1)C(=O)O. The number of hydrogen-bond donors (Lipinski definition) is 4. The van der Waals surface area contributed by atoms with Crippen LogP contribution in [0.25, 0.3) is 0 Å². The van der Waals surface area contributed by atoms with Gasteiger partial charge in [-0.25, -0.2) is 9.59 Å². The van der Waals surface area contributed by atoms with Crippen molar-refractivity contribution in [3.63, 3.8) is 0 Å². The number of benzene rings is 1. The summed E-state index contributed by atoms with van der Waals surface area (Å²) in [5.74, 6) is -1.24. The smallest absolute Gasteiger partial charge is 0.409 e. The second-order valence-electron chi connectivity index (χ2n) is 6.09. The number of nitrogens with one attached hydrogen (secondary N) is 2. The number of carbonyl (C=O) groups is 2. The molecule has 7 nitrogen and oxygen atoms in total. The van der Waals surface area contributed by atoms with Gasteiger partial charge >= 0.3 is 12.1 Å². The van der Waals surface area contributed by atoms with Gasteiger partial charge in [0.2, 0.25) is 5.66 Å². The van der Waals surface area contributed by atoms with Gasteiger partial charge < -0.3 is 20.9 Å². The van der Waals surface area contributed by atoms with Gasteiger partial charge in [0.05, 0.1) is 0 Å². The zero-order valence-corrected chi connectivity index (χ0v) is 13.3. The van der Waals surface area contributed by atoms with E-state index in [1.54, 1.807) is 39.0 Å². The molecule has 5 N–H and O–H groups in total. The molecule has 1 amide bonds. The number of hydrogen-bond acceptors (Lipinski definition) is 5. The van der Waals surface area contributed by atoms with Crippen molar-refractivity contribution >= 4 is 17.7 Å². The molecule has 1 rings (SSSR count). The number of alkyl carbamates (subject to hydrolysis) is 1. The summed E-state index contributed by atoms with van der Waals surface area (Å²) in [7, 11) is 0. The summed E-state index contributed by atoms with van der Waals surface area (Å²) >= 11 is 0. The Labute approximate surface area is 129 Å². The Hall–Kier alpha value is -2.28. The van der Waals surface area contributed by atoms with Gasteiger partial charge in [0, 0.05) is 12.2 Å². The number of carbonyl (C=O) groups excluding carboxylic acids is 1. The van der Waals surface area contributed by atoms with Crippen molar-refractivity contribution in [3.05, 3.63) is 29.8 Å². The molecule has 0 aliphatic carbocycles. The standard InChI is InChI=1S/C15H23N3O4/c1-14(2,3)22-13(21)18-15(4,12(19)20)17-11-7-5-6-10(8-11)9-16/h5-8,17H,9,16H2,1-4H3,(H,18,21)(H,19,20). The summed E-state index contributed by atoms with van der Waals surface area (Å²) in [6, 6.07) is 6.99. The topological polar surface area (TPSA) is 114 Å². The molecule has 0 spiro atoms. The predicted molar refractivity (Wildman–Crippen MR) is 83.4 cm³/mol. The van der Waals surface area contributed by atoms with Gasteiger partial charge in [-0.05, 0) is 45.4 Å². The van der Waals surface area contributed by atoms with E-state index in [1.165, 1.54) is 6.92 Å². The zero-order valence-electron chi connectivity index (χ0n) is 13.3. The molecular weight excluding hydrogens is 286 g/mol. The summed E-state index contributed by atoms with van der Waals surface area (Å²) in [4.78, 5) is 23.4. The van der Waals surface area contributed by atoms with Crippen molar-refractivity contribution in [3.8, 4) is 0 Å². The minimum atomic E-state index is -1.71. The highest BCUT2D eigenvalue weighted by Gasteiger charge is 2.36. The van der Waals surface area contributed by atoms with Gasteiger partial charge in [-0.2, -0.15) is 0 Å². The molecule has 0 aliphatic rings. The molecule has 0 bridgehead atoms. The summed E-state index contributed by atoms with van der Waals surface area (Å²) < 4.78 is 5.09. The number of aliphatic carboxylic acids is 1. The Kier molecular flexibility index (Phi) is 5.38. The van der Waals surface area contributed by atoms with Crippen LogP contribution in [0.2, 0.25) is 0 Å². The highest BCUT2D eigenvalue weighted by Crippen LogP contribution is 2.17. The molecule has 1 unspecified atom stereocenters. The minimum Gasteiger partial charge on any atom is -0.478 e. The van der Waals surface area contributed by atoms with Crippen molar-refractivity contribution in [2.45, 2.75) is 45.5 Å². The highest BCUT2D eigenvalue weighted by molar-refractivity contribution is 5.86. The predicted octanol–water partition coefficient (Wildman–Crippen LogP) is 1.88. The number of rotatable bonds is 5. The van der Waals surface area contributed by atoms with Gasteiger partial charge in [-0.1, -0.05) is 12.1 Å². The van der Waals surface area contributed by atoms with Gasteiger partial charge in [-0.15, -0.1) is 0 Å². The summed E-state index contributed by atoms with van der Waals surface area (Å²) in [6.07, 6.45) is -0.820. The second kappa shape index (κ2) is 6.65. The van der Waals surface area contributed by atoms with E-state index in [-0.39, 0.29) is 0 Å². The third kappa shape index (κ3) is 5.25. The first-order valence-corrected chi connectivity index (χ1v) is 6.87. The first kappa shape index (κ1) is 17.8. The lowest BCUT2D eigenvalue weighted by atomic mass is 10.1. The van der Waals surface area contributed by atoms with E-state index >= 15 is 0 Å². The van der Waals surface area contributed by atoms with E-state index in [0.29, 0.717) is 12.2 Å². The Morgan fingerprint density at radius 1 is 1.27 bits per heavy atom. The third-order valence-corrected chi connectivity index (χ3v) is 2.74. The maximum atomic E-state index is 11.8. The lowest BCUT2D eigenvalue weighted by Gasteiger charge is -2.30. The number of carboxylic acids is 1. The molecule has 22 heavy (non-hydrogen) atoms. The number of carboxylic acid groups (broad SMARTS) is 1. The molecule has 0 saturated carbocycles. The van der Waals surface area contributed by atoms with E-state index in [9.17, 15) is 14.7 Å². The Morgan fingerprint density at radius 3 is 2.41 bits per heavy atom. The first-order chi connectivity index (χ1) is 10.1. The lowest BCUT2D eigenvalue weighted by molar-refractivity contribution is -0.142. The van der Waals surface area contributed by atoms with Crippen molar-refractivity contribution < 1.29 is 19.4 Å². The maximum absolute atomic E-state index is 11.8. The second-order valence-corrected chi connectivity index (χ2v) is 6.09. The largest absolute Gasteiger partial charge is 0.478 e. The van der Waals surface area contributed by atoms with Crippen LogP contribution in [0.3, 0.4) is 0 Å². The number of ether oxygens (including phenoxy) is 1. The molecular formula is C15H23N3O4. The van der Waals surface area contributed by atoms with Gasteiger partial charge in [0.1, 0.15) is 5.60 Å². The van der Waals surface area contributed by atoms with Crippen LogP contribution in [0, 0.1) is 0 Å². The van der Waals surface area contributed by atoms with E-state index in [1.807, 2.05) is 6.07 Å². The molecule has 122 valence electrons. The van der Waals surface area contributed by atoms with Crippen molar-refractivity contribution in [1.82, 2.24) is 5.32 Å². The number of amides is 1. The highest BCUT2D eigenvalue weighted by atomic mass is 16.6. The molecule has 7 heteroatoms. The van der Waals surface area contributed by atoms with Crippen LogP contribution >= 0.6 is 0 Å². The fraction of sp³-hybridized carbons (Fsp3) is 0.467. The fourth-order valence-electron chi connectivity index (χ4n) is 1.71. The monoisotopic (exact) mass is 309 g/mol. The molecule has 0 aliphatic heterocycles. The van der Waals surface area contributed by atoms with Gasteiger partial charge in [0.25, 0.3) is 0 Å².